The SMILES string of the molecule is O=C1C[C@H](C(=O)N2CCN(C(=O)c3ccccc3Cl)CC2)CN1CCc1ccccc1. The molecule has 2 fully saturated rings. The summed E-state index contributed by atoms with van der Waals surface area (Å²) in [4.78, 5) is 43.4. The summed E-state index contributed by atoms with van der Waals surface area (Å²) >= 11 is 6.15. The van der Waals surface area contributed by atoms with Crippen molar-refractivity contribution in [1.82, 2.24) is 14.7 Å². The van der Waals surface area contributed by atoms with E-state index in [1.165, 1.54) is 5.56 Å². The smallest absolute Gasteiger partial charge is 0.255 e. The highest BCUT2D eigenvalue weighted by molar-refractivity contribution is 6.33. The van der Waals surface area contributed by atoms with Gasteiger partial charge in [-0.15, -0.1) is 0 Å². The van der Waals surface area contributed by atoms with Gasteiger partial charge >= 0.3 is 0 Å². The van der Waals surface area contributed by atoms with Crippen LogP contribution in [-0.4, -0.2) is 71.7 Å². The summed E-state index contributed by atoms with van der Waals surface area (Å²) in [5.41, 5.74) is 1.67. The van der Waals surface area contributed by atoms with Crippen LogP contribution in [0.15, 0.2) is 54.6 Å². The molecule has 0 bridgehead atoms. The summed E-state index contributed by atoms with van der Waals surface area (Å²) in [6, 6.07) is 17.1. The Morgan fingerprint density at radius 3 is 2.26 bits per heavy atom. The van der Waals surface area contributed by atoms with Gasteiger partial charge in [0.25, 0.3) is 5.91 Å². The van der Waals surface area contributed by atoms with E-state index >= 15 is 0 Å². The van der Waals surface area contributed by atoms with Crippen LogP contribution in [-0.2, 0) is 16.0 Å². The van der Waals surface area contributed by atoms with E-state index in [2.05, 4.69) is 0 Å². The molecule has 2 heterocycles. The third-order valence-corrected chi connectivity index (χ3v) is 6.39. The van der Waals surface area contributed by atoms with Gasteiger partial charge in [0.2, 0.25) is 11.8 Å². The number of likely N-dealkylation sites (tertiary alicyclic amines) is 1. The highest BCUT2D eigenvalue weighted by atomic mass is 35.5. The Hall–Kier alpha value is -2.86. The maximum absolute atomic E-state index is 13.0. The number of rotatable bonds is 5. The fourth-order valence-corrected chi connectivity index (χ4v) is 4.47. The topological polar surface area (TPSA) is 60.9 Å². The predicted molar refractivity (Wildman–Crippen MR) is 119 cm³/mol. The van der Waals surface area contributed by atoms with Crippen molar-refractivity contribution in [3.63, 3.8) is 0 Å². The van der Waals surface area contributed by atoms with Crippen molar-refractivity contribution >= 4 is 29.3 Å². The van der Waals surface area contributed by atoms with Gasteiger partial charge in [0.15, 0.2) is 0 Å². The molecule has 162 valence electrons. The molecule has 0 aliphatic carbocycles. The van der Waals surface area contributed by atoms with Gasteiger partial charge in [-0.3, -0.25) is 14.4 Å². The van der Waals surface area contributed by atoms with Crippen LogP contribution < -0.4 is 0 Å². The first-order valence-electron chi connectivity index (χ1n) is 10.7. The minimum Gasteiger partial charge on any atom is -0.342 e. The molecule has 0 spiro atoms. The molecule has 1 atom stereocenters. The number of piperazine rings is 1. The minimum absolute atomic E-state index is 0.0143. The van der Waals surface area contributed by atoms with Crippen molar-refractivity contribution in [2.45, 2.75) is 12.8 Å². The maximum Gasteiger partial charge on any atom is 0.255 e. The third kappa shape index (κ3) is 4.90. The lowest BCUT2D eigenvalue weighted by atomic mass is 10.1. The molecule has 7 heteroatoms. The van der Waals surface area contributed by atoms with Crippen molar-refractivity contribution in [3.05, 3.63) is 70.7 Å². The van der Waals surface area contributed by atoms with Crippen LogP contribution in [0.25, 0.3) is 0 Å². The lowest BCUT2D eigenvalue weighted by Crippen LogP contribution is -2.52. The molecule has 2 aromatic carbocycles. The number of carbonyl (C=O) groups excluding carboxylic acids is 3. The van der Waals surface area contributed by atoms with Gasteiger partial charge in [-0.25, -0.2) is 0 Å². The van der Waals surface area contributed by atoms with E-state index in [0.29, 0.717) is 49.9 Å². The molecule has 3 amide bonds. The largest absolute Gasteiger partial charge is 0.342 e. The number of halogens is 1. The number of nitrogens with zero attached hydrogens (tertiary/aromatic N) is 3. The summed E-state index contributed by atoms with van der Waals surface area (Å²) < 4.78 is 0. The lowest BCUT2D eigenvalue weighted by Gasteiger charge is -2.36. The molecule has 0 saturated carbocycles. The molecule has 2 aliphatic heterocycles. The van der Waals surface area contributed by atoms with E-state index in [1.54, 1.807) is 39.0 Å². The number of hydrogen-bond acceptors (Lipinski definition) is 3. The normalized spacial score (nSPS) is 19.1. The lowest BCUT2D eigenvalue weighted by molar-refractivity contribution is -0.137. The molecular weight excluding hydrogens is 414 g/mol. The van der Waals surface area contributed by atoms with Crippen LogP contribution in [0.1, 0.15) is 22.3 Å². The molecule has 0 aromatic heterocycles. The molecule has 6 nitrogen and oxygen atoms in total. The fraction of sp³-hybridized carbons (Fsp3) is 0.375. The first kappa shape index (κ1) is 21.4. The number of carbonyl (C=O) groups is 3. The monoisotopic (exact) mass is 439 g/mol. The van der Waals surface area contributed by atoms with E-state index in [9.17, 15) is 14.4 Å². The van der Waals surface area contributed by atoms with E-state index in [0.717, 1.165) is 6.42 Å². The molecule has 0 N–H and O–H groups in total. The Kier molecular flexibility index (Phi) is 6.56. The number of benzene rings is 2. The second-order valence-electron chi connectivity index (χ2n) is 8.07. The van der Waals surface area contributed by atoms with Gasteiger partial charge < -0.3 is 14.7 Å². The highest BCUT2D eigenvalue weighted by Crippen LogP contribution is 2.22. The fourth-order valence-electron chi connectivity index (χ4n) is 4.26. The molecule has 4 rings (SSSR count). The first-order valence-corrected chi connectivity index (χ1v) is 11.0. The van der Waals surface area contributed by atoms with Crippen LogP contribution in [0, 0.1) is 5.92 Å². The van der Waals surface area contributed by atoms with Crippen molar-refractivity contribution in [2.75, 3.05) is 39.3 Å². The summed E-state index contributed by atoms with van der Waals surface area (Å²) in [7, 11) is 0. The molecule has 2 aliphatic rings. The first-order chi connectivity index (χ1) is 15.0. The van der Waals surface area contributed by atoms with Gasteiger partial charge in [0.05, 0.1) is 16.5 Å². The molecular formula is C24H26ClN3O3. The van der Waals surface area contributed by atoms with Crippen molar-refractivity contribution in [3.8, 4) is 0 Å². The van der Waals surface area contributed by atoms with Crippen LogP contribution >= 0.6 is 11.6 Å². The molecule has 2 saturated heterocycles. The van der Waals surface area contributed by atoms with Gasteiger partial charge in [-0.1, -0.05) is 54.1 Å². The van der Waals surface area contributed by atoms with E-state index in [4.69, 9.17) is 11.6 Å². The highest BCUT2D eigenvalue weighted by Gasteiger charge is 2.37. The molecule has 0 unspecified atom stereocenters. The summed E-state index contributed by atoms with van der Waals surface area (Å²) in [6.45, 7) is 2.99. The van der Waals surface area contributed by atoms with Crippen LogP contribution in [0.5, 0.6) is 0 Å². The van der Waals surface area contributed by atoms with Crippen LogP contribution in [0.2, 0.25) is 5.02 Å². The average Bonchev–Trinajstić information content (AvgIpc) is 3.18. The van der Waals surface area contributed by atoms with Gasteiger partial charge in [0, 0.05) is 45.7 Å². The average molecular weight is 440 g/mol. The second kappa shape index (κ2) is 9.52. The van der Waals surface area contributed by atoms with E-state index < -0.39 is 0 Å². The van der Waals surface area contributed by atoms with Crippen molar-refractivity contribution in [2.24, 2.45) is 5.92 Å². The third-order valence-electron chi connectivity index (χ3n) is 6.06. The summed E-state index contributed by atoms with van der Waals surface area (Å²) in [6.07, 6.45) is 1.06. The summed E-state index contributed by atoms with van der Waals surface area (Å²) in [5.74, 6) is -0.350. The Bertz CT molecular complexity index is 958. The van der Waals surface area contributed by atoms with Crippen LogP contribution in [0.3, 0.4) is 0 Å². The maximum atomic E-state index is 13.0. The Labute approximate surface area is 187 Å². The molecule has 31 heavy (non-hydrogen) atoms. The molecule has 0 radical (unpaired) electrons. The standard InChI is InChI=1S/C24H26ClN3O3/c25-21-9-5-4-8-20(21)24(31)27-14-12-26(13-15-27)23(30)19-16-22(29)28(17-19)11-10-18-6-2-1-3-7-18/h1-9,19H,10-17H2/t19-/m0/s1. The second-order valence-corrected chi connectivity index (χ2v) is 8.48. The Balaban J connectivity index is 1.28. The Morgan fingerprint density at radius 2 is 1.55 bits per heavy atom. The van der Waals surface area contributed by atoms with Gasteiger partial charge in [0.1, 0.15) is 0 Å². The summed E-state index contributed by atoms with van der Waals surface area (Å²) in [5, 5.41) is 0.436. The quantitative estimate of drug-likeness (QED) is 0.719. The Morgan fingerprint density at radius 1 is 0.903 bits per heavy atom. The van der Waals surface area contributed by atoms with E-state index in [-0.39, 0.29) is 30.1 Å². The minimum atomic E-state index is -0.297. The number of hydrogen-bond donors (Lipinski definition) is 0. The zero-order valence-corrected chi connectivity index (χ0v) is 18.1. The van der Waals surface area contributed by atoms with Gasteiger partial charge in [-0.2, -0.15) is 0 Å². The van der Waals surface area contributed by atoms with Crippen molar-refractivity contribution in [1.29, 1.82) is 0 Å². The molecule has 2 aromatic rings. The predicted octanol–water partition coefficient (Wildman–Crippen LogP) is 2.72. The van der Waals surface area contributed by atoms with Crippen molar-refractivity contribution < 1.29 is 14.4 Å². The zero-order chi connectivity index (χ0) is 21.8. The number of amides is 3. The van der Waals surface area contributed by atoms with Crippen LogP contribution in [0.4, 0.5) is 0 Å². The van der Waals surface area contributed by atoms with E-state index in [1.807, 2.05) is 30.3 Å². The zero-order valence-electron chi connectivity index (χ0n) is 17.4. The van der Waals surface area contributed by atoms with Gasteiger partial charge in [-0.05, 0) is 24.1 Å².